The second-order valence-electron chi connectivity index (χ2n) is 7.58. The van der Waals surface area contributed by atoms with Gasteiger partial charge in [0.2, 0.25) is 11.8 Å². The van der Waals surface area contributed by atoms with E-state index in [1.54, 1.807) is 48.5 Å². The van der Waals surface area contributed by atoms with Crippen molar-refractivity contribution in [3.63, 3.8) is 0 Å². The number of anilines is 1. The summed E-state index contributed by atoms with van der Waals surface area (Å²) < 4.78 is 0. The Labute approximate surface area is 172 Å². The lowest BCUT2D eigenvalue weighted by Crippen LogP contribution is -2.30. The highest BCUT2D eigenvalue weighted by atomic mass is 16.4. The molecule has 0 radical (unpaired) electrons. The Hall–Kier alpha value is -3.80. The number of pyridine rings is 1. The molecule has 5 rings (SSSR count). The number of carbonyl (C=O) groups is 3. The van der Waals surface area contributed by atoms with Crippen molar-refractivity contribution in [2.45, 2.75) is 12.8 Å². The first-order chi connectivity index (χ1) is 14.5. The number of hydrogen-bond acceptors (Lipinski definition) is 5. The molecule has 0 bridgehead atoms. The Morgan fingerprint density at radius 3 is 2.33 bits per heavy atom. The van der Waals surface area contributed by atoms with Crippen LogP contribution in [0.15, 0.2) is 66.7 Å². The predicted octanol–water partition coefficient (Wildman–Crippen LogP) is 2.72. The van der Waals surface area contributed by atoms with E-state index in [-0.39, 0.29) is 29.2 Å². The van der Waals surface area contributed by atoms with Crippen molar-refractivity contribution in [3.8, 4) is 11.3 Å². The number of hydrogen-bond donors (Lipinski definition) is 0. The lowest BCUT2D eigenvalue weighted by atomic mass is 9.85. The van der Waals surface area contributed by atoms with E-state index in [0.717, 1.165) is 0 Å². The molecule has 2 aromatic carbocycles. The number of carboxylic acid groups (broad SMARTS) is 1. The minimum atomic E-state index is -1.28. The SMILES string of the molecule is O=C([O-])c1cc(-c2cccc(N3C(=O)[C@H]4CC=CC[C@@H]4C3=O)c2)nc2ccccc12. The fourth-order valence-corrected chi connectivity index (χ4v) is 4.35. The molecule has 0 spiro atoms. The highest BCUT2D eigenvalue weighted by molar-refractivity contribution is 6.22. The molecule has 6 heteroatoms. The molecule has 2 amide bonds. The summed E-state index contributed by atoms with van der Waals surface area (Å²) in [5, 5.41) is 12.2. The van der Waals surface area contributed by atoms with Gasteiger partial charge in [-0.3, -0.25) is 14.5 Å². The van der Waals surface area contributed by atoms with Gasteiger partial charge in [-0.15, -0.1) is 0 Å². The van der Waals surface area contributed by atoms with E-state index in [9.17, 15) is 19.5 Å². The molecule has 0 saturated carbocycles. The number of fused-ring (bicyclic) bond motifs is 2. The van der Waals surface area contributed by atoms with E-state index < -0.39 is 5.97 Å². The van der Waals surface area contributed by atoms with Crippen molar-refractivity contribution in [2.24, 2.45) is 11.8 Å². The number of aromatic nitrogens is 1. The number of rotatable bonds is 3. The second kappa shape index (κ2) is 6.91. The lowest BCUT2D eigenvalue weighted by molar-refractivity contribution is -0.254. The molecule has 1 aromatic heterocycles. The second-order valence-corrected chi connectivity index (χ2v) is 7.58. The van der Waals surface area contributed by atoms with Crippen LogP contribution in [-0.4, -0.2) is 22.8 Å². The van der Waals surface area contributed by atoms with E-state index in [2.05, 4.69) is 4.98 Å². The Balaban J connectivity index is 1.59. The minimum Gasteiger partial charge on any atom is -0.545 e. The fourth-order valence-electron chi connectivity index (χ4n) is 4.35. The average molecular weight is 397 g/mol. The van der Waals surface area contributed by atoms with Crippen molar-refractivity contribution in [1.29, 1.82) is 0 Å². The maximum absolute atomic E-state index is 12.9. The molecule has 2 atom stereocenters. The number of benzene rings is 2. The third-order valence-electron chi connectivity index (χ3n) is 5.84. The maximum Gasteiger partial charge on any atom is 0.238 e. The van der Waals surface area contributed by atoms with Gasteiger partial charge in [-0.05, 0) is 37.1 Å². The van der Waals surface area contributed by atoms with Gasteiger partial charge in [0, 0.05) is 16.5 Å². The van der Waals surface area contributed by atoms with Crippen LogP contribution in [0.4, 0.5) is 5.69 Å². The summed E-state index contributed by atoms with van der Waals surface area (Å²) in [7, 11) is 0. The summed E-state index contributed by atoms with van der Waals surface area (Å²) in [4.78, 5) is 43.3. The molecule has 148 valence electrons. The molecule has 6 nitrogen and oxygen atoms in total. The monoisotopic (exact) mass is 397 g/mol. The number of aromatic carboxylic acids is 1. The molecule has 2 heterocycles. The Morgan fingerprint density at radius 2 is 1.63 bits per heavy atom. The first-order valence-electron chi connectivity index (χ1n) is 9.79. The topological polar surface area (TPSA) is 90.4 Å². The standard InChI is InChI=1S/C24H18N2O4/c27-22-17-9-1-2-10-18(17)23(28)26(22)15-7-5-6-14(12-15)21-13-19(24(29)30)16-8-3-4-11-20(16)25-21/h1-8,11-13,17-18H,9-10H2,(H,29,30)/p-1/t17-,18-/m0/s1. The number of amides is 2. The molecule has 1 aliphatic heterocycles. The summed E-state index contributed by atoms with van der Waals surface area (Å²) in [6.45, 7) is 0. The smallest absolute Gasteiger partial charge is 0.238 e. The molecule has 2 aliphatic rings. The van der Waals surface area contributed by atoms with E-state index >= 15 is 0 Å². The first kappa shape index (κ1) is 18.2. The third-order valence-corrected chi connectivity index (χ3v) is 5.84. The van der Waals surface area contributed by atoms with E-state index in [0.29, 0.717) is 40.7 Å². The van der Waals surface area contributed by atoms with Crippen molar-refractivity contribution < 1.29 is 19.5 Å². The minimum absolute atomic E-state index is 0.0476. The van der Waals surface area contributed by atoms with E-state index in [4.69, 9.17) is 0 Å². The quantitative estimate of drug-likeness (QED) is 0.501. The normalized spacial score (nSPS) is 20.6. The molecule has 30 heavy (non-hydrogen) atoms. The number of imide groups is 1. The maximum atomic E-state index is 12.9. The van der Waals surface area contributed by atoms with Crippen molar-refractivity contribution >= 4 is 34.4 Å². The van der Waals surface area contributed by atoms with Crippen LogP contribution in [0.3, 0.4) is 0 Å². The van der Waals surface area contributed by atoms with Gasteiger partial charge < -0.3 is 9.90 Å². The molecule has 1 aliphatic carbocycles. The van der Waals surface area contributed by atoms with Crippen LogP contribution in [0, 0.1) is 11.8 Å². The van der Waals surface area contributed by atoms with Crippen molar-refractivity contribution in [3.05, 3.63) is 72.3 Å². The number of carboxylic acids is 1. The van der Waals surface area contributed by atoms with E-state index in [1.807, 2.05) is 12.2 Å². The zero-order chi connectivity index (χ0) is 20.8. The number of para-hydroxylation sites is 1. The highest BCUT2D eigenvalue weighted by Gasteiger charge is 2.47. The van der Waals surface area contributed by atoms with Crippen LogP contribution in [-0.2, 0) is 9.59 Å². The molecule has 0 N–H and O–H groups in total. The first-order valence-corrected chi connectivity index (χ1v) is 9.79. The number of allylic oxidation sites excluding steroid dienone is 2. The van der Waals surface area contributed by atoms with Crippen LogP contribution in [0.2, 0.25) is 0 Å². The summed E-state index contributed by atoms with van der Waals surface area (Å²) in [6.07, 6.45) is 5.05. The van der Waals surface area contributed by atoms with Crippen LogP contribution in [0.1, 0.15) is 23.2 Å². The highest BCUT2D eigenvalue weighted by Crippen LogP contribution is 2.38. The van der Waals surface area contributed by atoms with Crippen LogP contribution in [0.25, 0.3) is 22.2 Å². The molecule has 3 aromatic rings. The van der Waals surface area contributed by atoms with Gasteiger partial charge in [0.1, 0.15) is 0 Å². The fraction of sp³-hybridized carbons (Fsp3) is 0.167. The lowest BCUT2D eigenvalue weighted by Gasteiger charge is -2.16. The third kappa shape index (κ3) is 2.80. The van der Waals surface area contributed by atoms with Gasteiger partial charge in [-0.1, -0.05) is 42.5 Å². The number of nitrogens with zero attached hydrogens (tertiary/aromatic N) is 2. The Kier molecular flexibility index (Phi) is 4.20. The summed E-state index contributed by atoms with van der Waals surface area (Å²) in [5.41, 5.74) is 2.11. The van der Waals surface area contributed by atoms with Crippen LogP contribution >= 0.6 is 0 Å². The van der Waals surface area contributed by atoms with E-state index in [1.165, 1.54) is 11.0 Å². The summed E-state index contributed by atoms with van der Waals surface area (Å²) >= 11 is 0. The zero-order valence-corrected chi connectivity index (χ0v) is 15.9. The van der Waals surface area contributed by atoms with Gasteiger partial charge in [0.05, 0.1) is 34.7 Å². The summed E-state index contributed by atoms with van der Waals surface area (Å²) in [5.74, 6) is -2.28. The molecular formula is C24H17N2O4-. The number of carbonyl (C=O) groups excluding carboxylic acids is 3. The van der Waals surface area contributed by atoms with Crippen LogP contribution < -0.4 is 10.0 Å². The molecule has 0 unspecified atom stereocenters. The predicted molar refractivity (Wildman–Crippen MR) is 109 cm³/mol. The Morgan fingerprint density at radius 1 is 0.933 bits per heavy atom. The largest absolute Gasteiger partial charge is 0.545 e. The van der Waals surface area contributed by atoms with Gasteiger partial charge in [0.15, 0.2) is 0 Å². The summed E-state index contributed by atoms with van der Waals surface area (Å²) in [6, 6.07) is 15.4. The van der Waals surface area contributed by atoms with Gasteiger partial charge in [-0.2, -0.15) is 0 Å². The molecule has 1 fully saturated rings. The zero-order valence-electron chi connectivity index (χ0n) is 15.9. The van der Waals surface area contributed by atoms with Gasteiger partial charge in [0.25, 0.3) is 0 Å². The van der Waals surface area contributed by atoms with Crippen LogP contribution in [0.5, 0.6) is 0 Å². The Bertz CT molecular complexity index is 1220. The molecular weight excluding hydrogens is 380 g/mol. The van der Waals surface area contributed by atoms with Crippen molar-refractivity contribution in [1.82, 2.24) is 4.98 Å². The molecule has 1 saturated heterocycles. The van der Waals surface area contributed by atoms with Crippen molar-refractivity contribution in [2.75, 3.05) is 4.90 Å². The van der Waals surface area contributed by atoms with Gasteiger partial charge in [-0.25, -0.2) is 4.98 Å². The van der Waals surface area contributed by atoms with Gasteiger partial charge >= 0.3 is 0 Å². The average Bonchev–Trinajstić information content (AvgIpc) is 3.03.